The lowest BCUT2D eigenvalue weighted by molar-refractivity contribution is 0.0520. The predicted octanol–water partition coefficient (Wildman–Crippen LogP) is 2.27. The molecular weight excluding hydrogens is 478 g/mol. The number of benzene rings is 2. The molecular formula is C22H25N5O5S2. The molecule has 1 atom stereocenters. The first-order chi connectivity index (χ1) is 16.4. The number of nitrogens with two attached hydrogens (primary N) is 1. The molecule has 34 heavy (non-hydrogen) atoms. The number of ether oxygens (including phenoxy) is 1. The maximum atomic E-state index is 13.3. The van der Waals surface area contributed by atoms with Crippen LogP contribution in [-0.4, -0.2) is 50.7 Å². The molecule has 1 heterocycles. The fourth-order valence-electron chi connectivity index (χ4n) is 3.28. The van der Waals surface area contributed by atoms with Crippen LogP contribution in [0.25, 0.3) is 10.8 Å². The molecule has 0 spiro atoms. The molecule has 0 aliphatic carbocycles. The van der Waals surface area contributed by atoms with Gasteiger partial charge >= 0.3 is 5.97 Å². The zero-order valence-electron chi connectivity index (χ0n) is 18.4. The van der Waals surface area contributed by atoms with E-state index in [1.165, 1.54) is 17.8 Å². The van der Waals surface area contributed by atoms with Gasteiger partial charge in [0.05, 0.1) is 17.5 Å². The third kappa shape index (κ3) is 6.16. The van der Waals surface area contributed by atoms with Gasteiger partial charge in [-0.25, -0.2) is 22.9 Å². The Balaban J connectivity index is 1.87. The summed E-state index contributed by atoms with van der Waals surface area (Å²) in [6.07, 6.45) is 1.93. The van der Waals surface area contributed by atoms with Crippen LogP contribution in [0.5, 0.6) is 0 Å². The minimum absolute atomic E-state index is 0.00619. The van der Waals surface area contributed by atoms with Gasteiger partial charge in [-0.3, -0.25) is 4.79 Å². The van der Waals surface area contributed by atoms with Crippen LogP contribution in [0.4, 0.5) is 0 Å². The standard InChI is InChI=1S/C22H25N5O5S2/c1-2-32-22(29)18-13-33-21(26-18)20(28)17(10-6-12-24-14-25-23)27-34(30,31)19-11-5-8-15-7-3-4-9-16(15)19/h3-5,7-9,11,13-14,17,27H,2,6,10,12,23H2,1H3,(H,24,25)/t17-/m0/s1. The molecule has 3 aromatic rings. The first-order valence-electron chi connectivity index (χ1n) is 10.5. The van der Waals surface area contributed by atoms with E-state index in [-0.39, 0.29) is 28.6 Å². The Morgan fingerprint density at radius 1 is 1.24 bits per heavy atom. The molecule has 0 aliphatic rings. The number of rotatable bonds is 12. The number of fused-ring (bicyclic) bond motifs is 1. The van der Waals surface area contributed by atoms with Crippen molar-refractivity contribution in [3.63, 3.8) is 0 Å². The minimum atomic E-state index is -4.06. The lowest BCUT2D eigenvalue weighted by Crippen LogP contribution is -2.41. The van der Waals surface area contributed by atoms with Crippen LogP contribution in [0.1, 0.15) is 40.1 Å². The Morgan fingerprint density at radius 3 is 2.76 bits per heavy atom. The van der Waals surface area contributed by atoms with Crippen molar-refractivity contribution in [2.45, 2.75) is 30.7 Å². The quantitative estimate of drug-likeness (QED) is 0.0647. The average molecular weight is 504 g/mol. The number of esters is 1. The second-order valence-corrected chi connectivity index (χ2v) is 9.69. The Bertz CT molecular complexity index is 1280. The number of carbonyl (C=O) groups excluding carboxylic acids is 2. The summed E-state index contributed by atoms with van der Waals surface area (Å²) in [5.41, 5.74) is 0.00619. The van der Waals surface area contributed by atoms with E-state index in [2.05, 4.69) is 20.1 Å². The van der Waals surface area contributed by atoms with Crippen LogP contribution in [-0.2, 0) is 14.8 Å². The van der Waals surface area contributed by atoms with Crippen LogP contribution < -0.4 is 15.9 Å². The zero-order valence-corrected chi connectivity index (χ0v) is 20.1. The minimum Gasteiger partial charge on any atom is -0.461 e. The first kappa shape index (κ1) is 25.3. The molecule has 3 rings (SSSR count). The average Bonchev–Trinajstić information content (AvgIpc) is 3.33. The van der Waals surface area contributed by atoms with Crippen LogP contribution in [0, 0.1) is 0 Å². The third-order valence-corrected chi connectivity index (χ3v) is 7.22. The molecule has 2 aromatic carbocycles. The topological polar surface area (TPSA) is 153 Å². The van der Waals surface area contributed by atoms with Gasteiger partial charge in [-0.05, 0) is 31.2 Å². The molecule has 0 aliphatic heterocycles. The number of nitrogens with zero attached hydrogens (tertiary/aromatic N) is 2. The van der Waals surface area contributed by atoms with E-state index < -0.39 is 27.8 Å². The van der Waals surface area contributed by atoms with E-state index in [1.54, 1.807) is 25.1 Å². The maximum absolute atomic E-state index is 13.3. The molecule has 1 aromatic heterocycles. The Labute approximate surface area is 201 Å². The summed E-state index contributed by atoms with van der Waals surface area (Å²) in [4.78, 5) is 29.3. The van der Waals surface area contributed by atoms with Gasteiger partial charge in [0.2, 0.25) is 15.8 Å². The van der Waals surface area contributed by atoms with Crippen LogP contribution in [0.2, 0.25) is 0 Å². The van der Waals surface area contributed by atoms with Crippen LogP contribution in [0.15, 0.2) is 57.8 Å². The monoisotopic (exact) mass is 503 g/mol. The summed E-state index contributed by atoms with van der Waals surface area (Å²) in [5.74, 6) is 3.88. The summed E-state index contributed by atoms with van der Waals surface area (Å²) in [6, 6.07) is 11.0. The summed E-state index contributed by atoms with van der Waals surface area (Å²) in [5, 5.41) is 8.91. The van der Waals surface area contributed by atoms with E-state index in [0.717, 1.165) is 16.7 Å². The van der Waals surface area contributed by atoms with Gasteiger partial charge in [-0.2, -0.15) is 5.10 Å². The maximum Gasteiger partial charge on any atom is 0.357 e. The summed E-state index contributed by atoms with van der Waals surface area (Å²) in [6.45, 7) is 2.26. The van der Waals surface area contributed by atoms with E-state index >= 15 is 0 Å². The smallest absolute Gasteiger partial charge is 0.357 e. The second-order valence-electron chi connectivity index (χ2n) is 7.15. The van der Waals surface area contributed by atoms with Crippen molar-refractivity contribution in [1.29, 1.82) is 0 Å². The van der Waals surface area contributed by atoms with Crippen molar-refractivity contribution in [2.24, 2.45) is 10.9 Å². The highest BCUT2D eigenvalue weighted by Crippen LogP contribution is 2.24. The fraction of sp³-hybridized carbons (Fsp3) is 0.273. The normalized spacial score (nSPS) is 12.6. The molecule has 10 nitrogen and oxygen atoms in total. The molecule has 12 heteroatoms. The molecule has 0 fully saturated rings. The van der Waals surface area contributed by atoms with Crippen molar-refractivity contribution < 1.29 is 22.7 Å². The van der Waals surface area contributed by atoms with Gasteiger partial charge in [-0.15, -0.1) is 11.3 Å². The van der Waals surface area contributed by atoms with E-state index in [0.29, 0.717) is 18.4 Å². The van der Waals surface area contributed by atoms with Gasteiger partial charge in [0.25, 0.3) is 0 Å². The van der Waals surface area contributed by atoms with Gasteiger partial charge in [0.15, 0.2) is 10.7 Å². The van der Waals surface area contributed by atoms with Crippen LogP contribution >= 0.6 is 11.3 Å². The van der Waals surface area contributed by atoms with Gasteiger partial charge in [0, 0.05) is 17.3 Å². The first-order valence-corrected chi connectivity index (χ1v) is 12.9. The number of Topliss-reactive ketones (excluding diaryl/α,β-unsaturated/α-hetero) is 1. The lowest BCUT2D eigenvalue weighted by Gasteiger charge is -2.18. The number of carbonyl (C=O) groups is 2. The fourth-order valence-corrected chi connectivity index (χ4v) is 5.53. The number of hydrogen-bond acceptors (Lipinski definition) is 9. The highest BCUT2D eigenvalue weighted by atomic mass is 32.2. The molecule has 0 unspecified atom stereocenters. The number of nitrogens with one attached hydrogen (secondary N) is 2. The van der Waals surface area contributed by atoms with Gasteiger partial charge < -0.3 is 15.9 Å². The van der Waals surface area contributed by atoms with Crippen molar-refractivity contribution in [3.05, 3.63) is 58.5 Å². The number of ketones is 1. The highest BCUT2D eigenvalue weighted by molar-refractivity contribution is 7.89. The molecule has 0 radical (unpaired) electrons. The van der Waals surface area contributed by atoms with E-state index in [4.69, 9.17) is 10.6 Å². The van der Waals surface area contributed by atoms with Crippen molar-refractivity contribution >= 4 is 50.2 Å². The van der Waals surface area contributed by atoms with E-state index in [9.17, 15) is 18.0 Å². The SMILES string of the molecule is CCOC(=O)c1csc(C(=O)[C@H](CCCNC=NN)NS(=O)(=O)c2cccc3ccccc23)n1. The molecule has 180 valence electrons. The Kier molecular flexibility index (Phi) is 8.68. The molecule has 0 saturated carbocycles. The Morgan fingerprint density at radius 2 is 2.00 bits per heavy atom. The zero-order chi connectivity index (χ0) is 24.6. The predicted molar refractivity (Wildman–Crippen MR) is 130 cm³/mol. The molecule has 0 bridgehead atoms. The summed E-state index contributed by atoms with van der Waals surface area (Å²) >= 11 is 0.962. The summed E-state index contributed by atoms with van der Waals surface area (Å²) in [7, 11) is -4.06. The lowest BCUT2D eigenvalue weighted by atomic mass is 10.1. The van der Waals surface area contributed by atoms with Gasteiger partial charge in [-0.1, -0.05) is 36.4 Å². The highest BCUT2D eigenvalue weighted by Gasteiger charge is 2.29. The second kappa shape index (κ2) is 11.7. The number of sulfonamides is 1. The molecule has 0 amide bonds. The summed E-state index contributed by atoms with van der Waals surface area (Å²) < 4.78 is 34.1. The number of hydrogen-bond donors (Lipinski definition) is 3. The number of aromatic nitrogens is 1. The van der Waals surface area contributed by atoms with Crippen molar-refractivity contribution in [2.75, 3.05) is 13.2 Å². The van der Waals surface area contributed by atoms with E-state index in [1.807, 2.05) is 18.2 Å². The van der Waals surface area contributed by atoms with Crippen molar-refractivity contribution in [1.82, 2.24) is 15.0 Å². The van der Waals surface area contributed by atoms with Gasteiger partial charge in [0.1, 0.15) is 6.34 Å². The molecule has 4 N–H and O–H groups in total. The largest absolute Gasteiger partial charge is 0.461 e. The number of hydrazone groups is 1. The Hall–Kier alpha value is -3.35. The molecule has 0 saturated heterocycles. The van der Waals surface area contributed by atoms with Crippen molar-refractivity contribution in [3.8, 4) is 0 Å². The third-order valence-electron chi connectivity index (χ3n) is 4.83. The number of thiazole rings is 1. The van der Waals surface area contributed by atoms with Crippen LogP contribution in [0.3, 0.4) is 0 Å².